The second-order valence-corrected chi connectivity index (χ2v) is 6.10. The monoisotopic (exact) mass is 308 g/mol. The number of benzene rings is 1. The number of aromatic nitrogens is 2. The van der Waals surface area contributed by atoms with E-state index in [1.54, 1.807) is 6.92 Å². The molecule has 0 amide bonds. The fraction of sp³-hybridized carbons (Fsp3) is 0.400. The summed E-state index contributed by atoms with van der Waals surface area (Å²) < 4.78 is 31.4. The van der Waals surface area contributed by atoms with Gasteiger partial charge in [0.25, 0.3) is 0 Å². The summed E-state index contributed by atoms with van der Waals surface area (Å²) in [5.41, 5.74) is 1.13. The van der Waals surface area contributed by atoms with Crippen LogP contribution in [0.25, 0.3) is 0 Å². The van der Waals surface area contributed by atoms with E-state index in [4.69, 9.17) is 0 Å². The van der Waals surface area contributed by atoms with Gasteiger partial charge in [0.2, 0.25) is 0 Å². The molecule has 1 heterocycles. The van der Waals surface area contributed by atoms with Gasteiger partial charge in [0, 0.05) is 17.9 Å². The third kappa shape index (κ3) is 2.85. The highest BCUT2D eigenvalue weighted by molar-refractivity contribution is 7.08. The third-order valence-corrected chi connectivity index (χ3v) is 4.49. The number of Topliss-reactive ketones (excluding diaryl/α,β-unsaturated/α-hetero) is 1. The van der Waals surface area contributed by atoms with Crippen LogP contribution in [0.4, 0.5) is 8.78 Å². The zero-order valence-corrected chi connectivity index (χ0v) is 12.3. The Morgan fingerprint density at radius 1 is 1.38 bits per heavy atom. The fourth-order valence-corrected chi connectivity index (χ4v) is 3.03. The first-order valence-electron chi connectivity index (χ1n) is 6.87. The van der Waals surface area contributed by atoms with Crippen molar-refractivity contribution < 1.29 is 13.6 Å². The molecule has 1 aliphatic carbocycles. The molecular weight excluding hydrogens is 294 g/mol. The number of hydrogen-bond donors (Lipinski definition) is 0. The van der Waals surface area contributed by atoms with Crippen LogP contribution in [-0.4, -0.2) is 15.4 Å². The van der Waals surface area contributed by atoms with E-state index in [1.807, 2.05) is 0 Å². The maximum atomic E-state index is 13.9. The van der Waals surface area contributed by atoms with Gasteiger partial charge in [0.05, 0.1) is 5.69 Å². The fourth-order valence-electron chi connectivity index (χ4n) is 2.31. The Bertz CT molecular complexity index is 695. The number of ketones is 1. The average Bonchev–Trinajstić information content (AvgIpc) is 3.20. The number of carbonyl (C=O) groups is 1. The highest BCUT2D eigenvalue weighted by atomic mass is 32.1. The summed E-state index contributed by atoms with van der Waals surface area (Å²) in [4.78, 5) is 12.8. The molecule has 1 fully saturated rings. The van der Waals surface area contributed by atoms with Crippen LogP contribution in [0, 0.1) is 18.6 Å². The molecule has 2 aromatic rings. The molecule has 0 atom stereocenters. The quantitative estimate of drug-likeness (QED) is 0.789. The van der Waals surface area contributed by atoms with Gasteiger partial charge in [-0.05, 0) is 49.3 Å². The minimum absolute atomic E-state index is 0.0196. The smallest absolute Gasteiger partial charge is 0.176 e. The largest absolute Gasteiger partial charge is 0.293 e. The average molecular weight is 308 g/mol. The van der Waals surface area contributed by atoms with Crippen molar-refractivity contribution in [2.45, 2.75) is 38.5 Å². The summed E-state index contributed by atoms with van der Waals surface area (Å²) in [5.74, 6) is -0.953. The van der Waals surface area contributed by atoms with Crippen molar-refractivity contribution in [3.05, 3.63) is 45.5 Å². The number of carbonyl (C=O) groups excluding carboxylic acids is 1. The number of rotatable bonds is 5. The molecule has 0 radical (unpaired) electrons. The molecule has 0 spiro atoms. The summed E-state index contributed by atoms with van der Waals surface area (Å²) in [5, 5.41) is 4.00. The van der Waals surface area contributed by atoms with Crippen LogP contribution in [0.1, 0.15) is 51.7 Å². The highest BCUT2D eigenvalue weighted by Crippen LogP contribution is 2.41. The molecular formula is C15H14F2N2OS. The number of halogens is 2. The standard InChI is InChI=1S/C15H14F2N2OS/c1-8-2-6-11(16)10(13(8)17)5-7-12(20)15-14(9-3-4-9)18-19-21-15/h2,6,9H,3-5,7H2,1H3. The number of nitrogens with zero attached hydrogens (tertiary/aromatic N) is 2. The second-order valence-electron chi connectivity index (χ2n) is 5.34. The molecule has 0 aliphatic heterocycles. The molecule has 0 unspecified atom stereocenters. The van der Waals surface area contributed by atoms with Crippen LogP contribution < -0.4 is 0 Å². The van der Waals surface area contributed by atoms with Gasteiger partial charge in [-0.25, -0.2) is 8.78 Å². The third-order valence-electron chi connectivity index (χ3n) is 3.71. The molecule has 3 rings (SSSR count). The van der Waals surface area contributed by atoms with Gasteiger partial charge in [0.1, 0.15) is 16.5 Å². The van der Waals surface area contributed by atoms with E-state index in [-0.39, 0.29) is 24.2 Å². The van der Waals surface area contributed by atoms with Gasteiger partial charge in [-0.2, -0.15) is 0 Å². The Kier molecular flexibility index (Phi) is 3.80. The Balaban J connectivity index is 1.74. The molecule has 1 saturated carbocycles. The lowest BCUT2D eigenvalue weighted by Crippen LogP contribution is -2.05. The Hall–Kier alpha value is -1.69. The summed E-state index contributed by atoms with van der Waals surface area (Å²) >= 11 is 1.07. The SMILES string of the molecule is Cc1ccc(F)c(CCC(=O)c2snnc2C2CC2)c1F. The normalized spacial score (nSPS) is 14.4. The first kappa shape index (κ1) is 14.3. The van der Waals surface area contributed by atoms with Gasteiger partial charge in [0.15, 0.2) is 5.78 Å². The van der Waals surface area contributed by atoms with Crippen LogP contribution in [0.15, 0.2) is 12.1 Å². The zero-order valence-electron chi connectivity index (χ0n) is 11.5. The van der Waals surface area contributed by atoms with E-state index in [9.17, 15) is 13.6 Å². The lowest BCUT2D eigenvalue weighted by molar-refractivity contribution is 0.0985. The van der Waals surface area contributed by atoms with Crippen molar-refractivity contribution in [1.82, 2.24) is 9.59 Å². The molecule has 1 aromatic carbocycles. The van der Waals surface area contributed by atoms with E-state index in [2.05, 4.69) is 9.59 Å². The van der Waals surface area contributed by atoms with E-state index < -0.39 is 11.6 Å². The van der Waals surface area contributed by atoms with Crippen LogP contribution in [0.2, 0.25) is 0 Å². The Labute approximate surface area is 125 Å². The molecule has 21 heavy (non-hydrogen) atoms. The minimum atomic E-state index is -0.601. The van der Waals surface area contributed by atoms with Gasteiger partial charge in [-0.15, -0.1) is 5.10 Å². The van der Waals surface area contributed by atoms with Gasteiger partial charge < -0.3 is 0 Å². The summed E-state index contributed by atoms with van der Waals surface area (Å²) in [6.45, 7) is 1.58. The maximum Gasteiger partial charge on any atom is 0.176 e. The maximum absolute atomic E-state index is 13.9. The molecule has 0 N–H and O–H groups in total. The molecule has 1 aliphatic rings. The van der Waals surface area contributed by atoms with Crippen molar-refractivity contribution in [2.75, 3.05) is 0 Å². The van der Waals surface area contributed by atoms with Crippen LogP contribution in [0.3, 0.4) is 0 Å². The van der Waals surface area contributed by atoms with Crippen LogP contribution >= 0.6 is 11.5 Å². The topological polar surface area (TPSA) is 42.9 Å². The molecule has 0 bridgehead atoms. The van der Waals surface area contributed by atoms with Gasteiger partial charge in [-0.3, -0.25) is 4.79 Å². The molecule has 1 aromatic heterocycles. The summed E-state index contributed by atoms with van der Waals surface area (Å²) in [6.07, 6.45) is 2.20. The Morgan fingerprint density at radius 3 is 2.86 bits per heavy atom. The van der Waals surface area contributed by atoms with E-state index in [0.29, 0.717) is 16.4 Å². The minimum Gasteiger partial charge on any atom is -0.293 e. The van der Waals surface area contributed by atoms with Crippen LogP contribution in [0.5, 0.6) is 0 Å². The molecule has 3 nitrogen and oxygen atoms in total. The van der Waals surface area contributed by atoms with E-state index in [1.165, 1.54) is 12.1 Å². The van der Waals surface area contributed by atoms with Crippen molar-refractivity contribution in [2.24, 2.45) is 0 Å². The number of hydrogen-bond acceptors (Lipinski definition) is 4. The second kappa shape index (κ2) is 5.60. The molecule has 6 heteroatoms. The lowest BCUT2D eigenvalue weighted by atomic mass is 10.0. The predicted molar refractivity (Wildman–Crippen MR) is 75.6 cm³/mol. The molecule has 0 saturated heterocycles. The zero-order chi connectivity index (χ0) is 15.0. The number of aryl methyl sites for hydroxylation is 1. The van der Waals surface area contributed by atoms with E-state index in [0.717, 1.165) is 30.1 Å². The van der Waals surface area contributed by atoms with Crippen molar-refractivity contribution in [3.8, 4) is 0 Å². The summed E-state index contributed by atoms with van der Waals surface area (Å²) in [7, 11) is 0. The summed E-state index contributed by atoms with van der Waals surface area (Å²) in [6, 6.07) is 2.64. The van der Waals surface area contributed by atoms with E-state index >= 15 is 0 Å². The molecule has 110 valence electrons. The Morgan fingerprint density at radius 2 is 2.14 bits per heavy atom. The van der Waals surface area contributed by atoms with Crippen LogP contribution in [-0.2, 0) is 6.42 Å². The van der Waals surface area contributed by atoms with Gasteiger partial charge in [-0.1, -0.05) is 10.6 Å². The van der Waals surface area contributed by atoms with Crippen molar-refractivity contribution in [1.29, 1.82) is 0 Å². The van der Waals surface area contributed by atoms with Crippen molar-refractivity contribution >= 4 is 17.3 Å². The highest BCUT2D eigenvalue weighted by Gasteiger charge is 2.31. The lowest BCUT2D eigenvalue weighted by Gasteiger charge is -2.06. The van der Waals surface area contributed by atoms with Gasteiger partial charge >= 0.3 is 0 Å². The first-order chi connectivity index (χ1) is 10.1. The first-order valence-corrected chi connectivity index (χ1v) is 7.64. The predicted octanol–water partition coefficient (Wildman–Crippen LogP) is 3.82. The van der Waals surface area contributed by atoms with Crippen molar-refractivity contribution in [3.63, 3.8) is 0 Å².